The van der Waals surface area contributed by atoms with Crippen molar-refractivity contribution >= 4 is 11.7 Å². The summed E-state index contributed by atoms with van der Waals surface area (Å²) in [5.41, 5.74) is 0.707. The Morgan fingerprint density at radius 3 is 2.68 bits per heavy atom. The summed E-state index contributed by atoms with van der Waals surface area (Å²) >= 11 is 0. The molecule has 6 nitrogen and oxygen atoms in total. The van der Waals surface area contributed by atoms with Crippen molar-refractivity contribution in [3.05, 3.63) is 23.9 Å². The van der Waals surface area contributed by atoms with Gasteiger partial charge in [-0.05, 0) is 57.2 Å². The van der Waals surface area contributed by atoms with Crippen molar-refractivity contribution < 1.29 is 9.90 Å². The van der Waals surface area contributed by atoms with Crippen molar-refractivity contribution in [2.45, 2.75) is 56.7 Å². The van der Waals surface area contributed by atoms with Crippen LogP contribution in [0, 0.1) is 0 Å². The molecule has 1 atom stereocenters. The van der Waals surface area contributed by atoms with Crippen LogP contribution in [0.3, 0.4) is 0 Å². The Hall–Kier alpha value is -1.66. The fourth-order valence-electron chi connectivity index (χ4n) is 4.00. The van der Waals surface area contributed by atoms with Crippen LogP contribution >= 0.6 is 0 Å². The molecule has 3 fully saturated rings. The van der Waals surface area contributed by atoms with Crippen molar-refractivity contribution in [2.75, 3.05) is 31.1 Å². The molecule has 1 aliphatic carbocycles. The maximum Gasteiger partial charge on any atom is 0.251 e. The predicted octanol–water partition coefficient (Wildman–Crippen LogP) is 1.40. The summed E-state index contributed by atoms with van der Waals surface area (Å²) in [4.78, 5) is 21.5. The minimum atomic E-state index is -0.157. The fourth-order valence-corrected chi connectivity index (χ4v) is 4.00. The van der Waals surface area contributed by atoms with Gasteiger partial charge in [-0.25, -0.2) is 4.98 Å². The highest BCUT2D eigenvalue weighted by Gasteiger charge is 2.29. The Morgan fingerprint density at radius 1 is 1.16 bits per heavy atom. The number of aliphatic hydroxyl groups is 1. The van der Waals surface area contributed by atoms with Gasteiger partial charge >= 0.3 is 0 Å². The monoisotopic (exact) mass is 344 g/mol. The van der Waals surface area contributed by atoms with Gasteiger partial charge in [-0.1, -0.05) is 0 Å². The van der Waals surface area contributed by atoms with Crippen LogP contribution < -0.4 is 10.2 Å². The lowest BCUT2D eigenvalue weighted by atomic mass is 9.99. The van der Waals surface area contributed by atoms with Crippen LogP contribution in [0.15, 0.2) is 18.3 Å². The molecule has 0 aromatic carbocycles. The van der Waals surface area contributed by atoms with E-state index in [4.69, 9.17) is 0 Å². The summed E-state index contributed by atoms with van der Waals surface area (Å²) in [5.74, 6) is 0.920. The number of aromatic nitrogens is 1. The van der Waals surface area contributed by atoms with Gasteiger partial charge in [0.2, 0.25) is 0 Å². The molecule has 2 N–H and O–H groups in total. The Kier molecular flexibility index (Phi) is 4.90. The molecule has 1 aromatic rings. The minimum Gasteiger partial charge on any atom is -0.392 e. The number of amides is 1. The fraction of sp³-hybridized carbons (Fsp3) is 0.684. The molecule has 1 amide bonds. The zero-order chi connectivity index (χ0) is 17.2. The zero-order valence-corrected chi connectivity index (χ0v) is 14.7. The first-order valence-corrected chi connectivity index (χ1v) is 9.63. The lowest BCUT2D eigenvalue weighted by Gasteiger charge is -2.41. The third-order valence-electron chi connectivity index (χ3n) is 5.65. The van der Waals surface area contributed by atoms with Crippen molar-refractivity contribution in [1.82, 2.24) is 15.2 Å². The first kappa shape index (κ1) is 16.8. The van der Waals surface area contributed by atoms with Crippen LogP contribution in [0.2, 0.25) is 0 Å². The number of β-amino-alcohol motifs (C(OH)–C–C–N with tert-alkyl or cyclic N) is 1. The highest BCUT2D eigenvalue weighted by molar-refractivity contribution is 5.95. The number of hydrogen-bond acceptors (Lipinski definition) is 5. The van der Waals surface area contributed by atoms with E-state index < -0.39 is 0 Å². The van der Waals surface area contributed by atoms with E-state index >= 15 is 0 Å². The maximum atomic E-state index is 12.2. The molecule has 0 radical (unpaired) electrons. The molecule has 25 heavy (non-hydrogen) atoms. The number of anilines is 1. The average Bonchev–Trinajstić information content (AvgIpc) is 3.46. The SMILES string of the molecule is O=C(NC1CC1)c1ccnc(N2CCC(N3CCC[C@@H](O)C3)CC2)c1. The molecule has 136 valence electrons. The van der Waals surface area contributed by atoms with E-state index in [-0.39, 0.29) is 12.0 Å². The lowest BCUT2D eigenvalue weighted by molar-refractivity contribution is 0.0398. The quantitative estimate of drug-likeness (QED) is 0.864. The number of rotatable bonds is 4. The normalized spacial score (nSPS) is 25.8. The summed E-state index contributed by atoms with van der Waals surface area (Å²) in [6, 6.07) is 4.65. The van der Waals surface area contributed by atoms with E-state index in [1.165, 1.54) is 0 Å². The molecule has 1 saturated carbocycles. The lowest BCUT2D eigenvalue weighted by Crippen LogP contribution is -2.49. The van der Waals surface area contributed by atoms with Gasteiger partial charge in [0.25, 0.3) is 5.91 Å². The molecule has 2 aliphatic heterocycles. The molecule has 0 unspecified atom stereocenters. The first-order valence-electron chi connectivity index (χ1n) is 9.63. The predicted molar refractivity (Wildman–Crippen MR) is 96.8 cm³/mol. The van der Waals surface area contributed by atoms with Gasteiger partial charge in [0.1, 0.15) is 5.82 Å². The standard InChI is InChI=1S/C19H28N4O2/c24-17-2-1-9-23(13-17)16-6-10-22(11-7-16)18-12-14(5-8-20-18)19(25)21-15-3-4-15/h5,8,12,15-17,24H,1-4,6-7,9-11,13H2,(H,21,25)/t17-/m1/s1. The molecule has 0 bridgehead atoms. The molecule has 0 spiro atoms. The van der Waals surface area contributed by atoms with Gasteiger partial charge in [0.05, 0.1) is 6.10 Å². The molecule has 3 heterocycles. The number of pyridine rings is 1. The number of carbonyl (C=O) groups excluding carboxylic acids is 1. The van der Waals surface area contributed by atoms with Gasteiger partial charge in [-0.15, -0.1) is 0 Å². The number of piperidine rings is 2. The van der Waals surface area contributed by atoms with Crippen molar-refractivity contribution in [3.63, 3.8) is 0 Å². The van der Waals surface area contributed by atoms with Crippen molar-refractivity contribution in [2.24, 2.45) is 0 Å². The summed E-state index contributed by atoms with van der Waals surface area (Å²) in [7, 11) is 0. The third-order valence-corrected chi connectivity index (χ3v) is 5.65. The largest absolute Gasteiger partial charge is 0.392 e. The number of likely N-dealkylation sites (tertiary alicyclic amines) is 1. The molecule has 1 aromatic heterocycles. The molecular formula is C19H28N4O2. The Bertz CT molecular complexity index is 611. The van der Waals surface area contributed by atoms with Gasteiger partial charge < -0.3 is 15.3 Å². The number of hydrogen-bond donors (Lipinski definition) is 2. The Balaban J connectivity index is 1.34. The summed E-state index contributed by atoms with van der Waals surface area (Å²) in [6.45, 7) is 3.84. The number of nitrogens with zero attached hydrogens (tertiary/aromatic N) is 3. The van der Waals surface area contributed by atoms with E-state index in [9.17, 15) is 9.90 Å². The van der Waals surface area contributed by atoms with E-state index in [0.717, 1.165) is 70.5 Å². The third kappa shape index (κ3) is 4.12. The van der Waals surface area contributed by atoms with Crippen molar-refractivity contribution in [3.8, 4) is 0 Å². The zero-order valence-electron chi connectivity index (χ0n) is 14.7. The second-order valence-electron chi connectivity index (χ2n) is 7.66. The number of aliphatic hydroxyl groups excluding tert-OH is 1. The molecule has 2 saturated heterocycles. The van der Waals surface area contributed by atoms with Gasteiger partial charge in [0.15, 0.2) is 0 Å². The smallest absolute Gasteiger partial charge is 0.251 e. The highest BCUT2D eigenvalue weighted by atomic mass is 16.3. The minimum absolute atomic E-state index is 0.0170. The average molecular weight is 344 g/mol. The van der Waals surface area contributed by atoms with Crippen LogP contribution in [0.4, 0.5) is 5.82 Å². The highest BCUT2D eigenvalue weighted by Crippen LogP contribution is 2.25. The topological polar surface area (TPSA) is 68.7 Å². The summed E-state index contributed by atoms with van der Waals surface area (Å²) in [5, 5.41) is 12.9. The van der Waals surface area contributed by atoms with Gasteiger partial charge in [-0.3, -0.25) is 9.69 Å². The van der Waals surface area contributed by atoms with Crippen LogP contribution in [0.5, 0.6) is 0 Å². The molecule has 3 aliphatic rings. The summed E-state index contributed by atoms with van der Waals surface area (Å²) < 4.78 is 0. The number of nitrogens with one attached hydrogen (secondary N) is 1. The van der Waals surface area contributed by atoms with Crippen LogP contribution in [-0.2, 0) is 0 Å². The van der Waals surface area contributed by atoms with E-state index in [1.54, 1.807) is 12.3 Å². The second-order valence-corrected chi connectivity index (χ2v) is 7.66. The van der Waals surface area contributed by atoms with Gasteiger partial charge in [-0.2, -0.15) is 0 Å². The van der Waals surface area contributed by atoms with E-state index in [2.05, 4.69) is 20.1 Å². The summed E-state index contributed by atoms with van der Waals surface area (Å²) in [6.07, 6.45) is 8.00. The Labute approximate surface area is 149 Å². The first-order chi connectivity index (χ1) is 12.2. The van der Waals surface area contributed by atoms with Crippen LogP contribution in [0.25, 0.3) is 0 Å². The Morgan fingerprint density at radius 2 is 1.96 bits per heavy atom. The van der Waals surface area contributed by atoms with Crippen molar-refractivity contribution in [1.29, 1.82) is 0 Å². The molecular weight excluding hydrogens is 316 g/mol. The van der Waals surface area contributed by atoms with E-state index in [1.807, 2.05) is 6.07 Å². The molecule has 6 heteroatoms. The van der Waals surface area contributed by atoms with Crippen LogP contribution in [-0.4, -0.2) is 65.3 Å². The van der Waals surface area contributed by atoms with E-state index in [0.29, 0.717) is 17.6 Å². The molecule has 4 rings (SSSR count). The van der Waals surface area contributed by atoms with Crippen LogP contribution in [0.1, 0.15) is 48.9 Å². The second kappa shape index (κ2) is 7.30. The number of carbonyl (C=O) groups is 1. The van der Waals surface area contributed by atoms with Gasteiger partial charge in [0, 0.05) is 43.5 Å². The maximum absolute atomic E-state index is 12.2.